The molecule has 1 aliphatic rings. The van der Waals surface area contributed by atoms with Crippen molar-refractivity contribution in [2.45, 2.75) is 66.9 Å². The number of esters is 1. The van der Waals surface area contributed by atoms with Crippen LogP contribution in [0.15, 0.2) is 0 Å². The Morgan fingerprint density at radius 2 is 1.56 bits per heavy atom. The molecule has 1 aliphatic heterocycles. The second-order valence-electron chi connectivity index (χ2n) is 6.98. The lowest BCUT2D eigenvalue weighted by Gasteiger charge is -2.38. The zero-order valence-corrected chi connectivity index (χ0v) is 12.9. The number of carbonyl (C=O) groups excluding carboxylic acids is 1. The lowest BCUT2D eigenvalue weighted by Crippen LogP contribution is -2.47. The van der Waals surface area contributed by atoms with Crippen LogP contribution >= 0.6 is 0 Å². The van der Waals surface area contributed by atoms with Crippen molar-refractivity contribution in [3.8, 4) is 0 Å². The predicted octanol–water partition coefficient (Wildman–Crippen LogP) is 4.28. The van der Waals surface area contributed by atoms with E-state index in [1.807, 2.05) is 6.92 Å². The van der Waals surface area contributed by atoms with Crippen molar-refractivity contribution in [3.63, 3.8) is 0 Å². The fraction of sp³-hybridized carbons (Fsp3) is 0.938. The third kappa shape index (κ3) is 4.29. The molecule has 0 aromatic heterocycles. The average molecular weight is 254 g/mol. The summed E-state index contributed by atoms with van der Waals surface area (Å²) in [5.74, 6) is 2.90. The fourth-order valence-electron chi connectivity index (χ4n) is 3.47. The molecule has 1 saturated heterocycles. The first-order valence-electron chi connectivity index (χ1n) is 7.51. The lowest BCUT2D eigenvalue weighted by molar-refractivity contribution is -0.189. The van der Waals surface area contributed by atoms with Gasteiger partial charge in [0.05, 0.1) is 5.92 Å². The van der Waals surface area contributed by atoms with Crippen LogP contribution in [0.3, 0.4) is 0 Å². The van der Waals surface area contributed by atoms with Gasteiger partial charge in [-0.15, -0.1) is 0 Å². The first-order valence-corrected chi connectivity index (χ1v) is 7.51. The summed E-state index contributed by atoms with van der Waals surface area (Å²) in [4.78, 5) is 11.1. The Labute approximate surface area is 112 Å². The van der Waals surface area contributed by atoms with Gasteiger partial charge in [-0.2, -0.15) is 0 Å². The summed E-state index contributed by atoms with van der Waals surface area (Å²) in [6, 6.07) is 0. The normalized spacial score (nSPS) is 28.5. The van der Waals surface area contributed by atoms with Crippen molar-refractivity contribution >= 4 is 5.97 Å². The molecule has 0 aromatic carbocycles. The summed E-state index contributed by atoms with van der Waals surface area (Å²) < 4.78 is 5.24. The largest absolute Gasteiger partial charge is 0.461 e. The molecule has 0 saturated carbocycles. The SMILES string of the molecule is CC(C)CC(C)CC(C)CC(C)[C@H]1OC(=O)[C@@H]1C. The van der Waals surface area contributed by atoms with Crippen molar-refractivity contribution in [1.29, 1.82) is 0 Å². The van der Waals surface area contributed by atoms with Crippen LogP contribution in [0.5, 0.6) is 0 Å². The Hall–Kier alpha value is -0.530. The Balaban J connectivity index is 2.27. The predicted molar refractivity (Wildman–Crippen MR) is 75.2 cm³/mol. The summed E-state index contributed by atoms with van der Waals surface area (Å²) >= 11 is 0. The lowest BCUT2D eigenvalue weighted by atomic mass is 9.80. The second kappa shape index (κ2) is 6.58. The number of rotatable bonds is 7. The van der Waals surface area contributed by atoms with Gasteiger partial charge in [0, 0.05) is 0 Å². The number of carbonyl (C=O) groups is 1. The molecule has 1 fully saturated rings. The van der Waals surface area contributed by atoms with E-state index in [9.17, 15) is 4.79 Å². The summed E-state index contributed by atoms with van der Waals surface area (Å²) in [6.45, 7) is 13.5. The first kappa shape index (κ1) is 15.5. The van der Waals surface area contributed by atoms with Gasteiger partial charge in [-0.25, -0.2) is 0 Å². The highest BCUT2D eigenvalue weighted by molar-refractivity contribution is 5.78. The van der Waals surface area contributed by atoms with Gasteiger partial charge in [0.15, 0.2) is 0 Å². The molecule has 0 amide bonds. The van der Waals surface area contributed by atoms with Crippen molar-refractivity contribution in [3.05, 3.63) is 0 Å². The molecule has 3 unspecified atom stereocenters. The molecule has 1 rings (SSSR count). The molecule has 18 heavy (non-hydrogen) atoms. The highest BCUT2D eigenvalue weighted by Crippen LogP contribution is 2.33. The average Bonchev–Trinajstić information content (AvgIpc) is 2.23. The van der Waals surface area contributed by atoms with Crippen LogP contribution in [0, 0.1) is 29.6 Å². The van der Waals surface area contributed by atoms with E-state index in [0.29, 0.717) is 5.92 Å². The van der Waals surface area contributed by atoms with Gasteiger partial charge in [-0.1, -0.05) is 34.6 Å². The monoisotopic (exact) mass is 254 g/mol. The Bertz CT molecular complexity index is 272. The molecule has 2 nitrogen and oxygen atoms in total. The molecular weight excluding hydrogens is 224 g/mol. The zero-order valence-electron chi connectivity index (χ0n) is 12.9. The van der Waals surface area contributed by atoms with Crippen molar-refractivity contribution in [2.75, 3.05) is 0 Å². The molecule has 1 heterocycles. The number of hydrogen-bond donors (Lipinski definition) is 0. The number of hydrogen-bond acceptors (Lipinski definition) is 2. The van der Waals surface area contributed by atoms with Gasteiger partial charge < -0.3 is 4.74 Å². The standard InChI is InChI=1S/C16H30O2/c1-10(2)7-11(3)8-12(4)9-13(5)15-14(6)16(17)18-15/h10-15H,7-9H2,1-6H3/t11?,12?,13?,14-,15-/m1/s1. The molecule has 2 heteroatoms. The molecule has 0 aliphatic carbocycles. The van der Waals surface area contributed by atoms with Crippen molar-refractivity contribution in [2.24, 2.45) is 29.6 Å². The summed E-state index contributed by atoms with van der Waals surface area (Å²) in [6.07, 6.45) is 3.94. The van der Waals surface area contributed by atoms with E-state index in [0.717, 1.165) is 17.8 Å². The smallest absolute Gasteiger partial charge is 0.312 e. The van der Waals surface area contributed by atoms with Crippen molar-refractivity contribution < 1.29 is 9.53 Å². The van der Waals surface area contributed by atoms with Gasteiger partial charge >= 0.3 is 5.97 Å². The third-order valence-electron chi connectivity index (χ3n) is 4.13. The maximum absolute atomic E-state index is 11.1. The van der Waals surface area contributed by atoms with Gasteiger partial charge in [0.1, 0.15) is 6.10 Å². The van der Waals surface area contributed by atoms with E-state index < -0.39 is 0 Å². The van der Waals surface area contributed by atoms with Crippen LogP contribution in [0.4, 0.5) is 0 Å². The second-order valence-corrected chi connectivity index (χ2v) is 6.98. The van der Waals surface area contributed by atoms with Crippen LogP contribution in [0.1, 0.15) is 60.8 Å². The van der Waals surface area contributed by atoms with Gasteiger partial charge in [0.2, 0.25) is 0 Å². The molecule has 0 spiro atoms. The maximum atomic E-state index is 11.1. The molecule has 0 bridgehead atoms. The minimum absolute atomic E-state index is 0.0207. The van der Waals surface area contributed by atoms with E-state index in [1.165, 1.54) is 19.3 Å². The fourth-order valence-corrected chi connectivity index (χ4v) is 3.47. The number of ether oxygens (including phenoxy) is 1. The van der Waals surface area contributed by atoms with Crippen LogP contribution in [0.25, 0.3) is 0 Å². The number of cyclic esters (lactones) is 1. The van der Waals surface area contributed by atoms with E-state index in [4.69, 9.17) is 4.74 Å². The Morgan fingerprint density at radius 3 is 2.00 bits per heavy atom. The highest BCUT2D eigenvalue weighted by Gasteiger charge is 2.42. The molecular formula is C16H30O2. The quantitative estimate of drug-likeness (QED) is 0.634. The minimum atomic E-state index is -0.0207. The molecule has 0 aromatic rings. The van der Waals surface area contributed by atoms with Gasteiger partial charge in [-0.3, -0.25) is 4.79 Å². The van der Waals surface area contributed by atoms with Crippen molar-refractivity contribution in [1.82, 2.24) is 0 Å². The Morgan fingerprint density at radius 1 is 1.00 bits per heavy atom. The van der Waals surface area contributed by atoms with Gasteiger partial charge in [0.25, 0.3) is 0 Å². The van der Waals surface area contributed by atoms with Gasteiger partial charge in [-0.05, 0) is 49.9 Å². The molecule has 0 radical (unpaired) electrons. The van der Waals surface area contributed by atoms with E-state index in [1.54, 1.807) is 0 Å². The third-order valence-corrected chi connectivity index (χ3v) is 4.13. The summed E-state index contributed by atoms with van der Waals surface area (Å²) in [5.41, 5.74) is 0. The molecule has 106 valence electrons. The highest BCUT2D eigenvalue weighted by atomic mass is 16.6. The first-order chi connectivity index (χ1) is 8.31. The van der Waals surface area contributed by atoms with Crippen LogP contribution in [0.2, 0.25) is 0 Å². The Kier molecular flexibility index (Phi) is 5.68. The summed E-state index contributed by atoms with van der Waals surface area (Å²) in [7, 11) is 0. The van der Waals surface area contributed by atoms with Crippen LogP contribution in [-0.4, -0.2) is 12.1 Å². The van der Waals surface area contributed by atoms with E-state index in [2.05, 4.69) is 34.6 Å². The van der Waals surface area contributed by atoms with E-state index >= 15 is 0 Å². The minimum Gasteiger partial charge on any atom is -0.461 e. The molecule has 0 N–H and O–H groups in total. The van der Waals surface area contributed by atoms with E-state index in [-0.39, 0.29) is 18.0 Å². The van der Waals surface area contributed by atoms with Crippen LogP contribution < -0.4 is 0 Å². The maximum Gasteiger partial charge on any atom is 0.312 e. The summed E-state index contributed by atoms with van der Waals surface area (Å²) in [5, 5.41) is 0. The molecule has 5 atom stereocenters. The van der Waals surface area contributed by atoms with Crippen LogP contribution in [-0.2, 0) is 9.53 Å². The zero-order chi connectivity index (χ0) is 13.9. The topological polar surface area (TPSA) is 26.3 Å².